The van der Waals surface area contributed by atoms with Crippen molar-refractivity contribution in [3.8, 4) is 0 Å². The zero-order valence-electron chi connectivity index (χ0n) is 6.66. The van der Waals surface area contributed by atoms with E-state index >= 15 is 0 Å². The van der Waals surface area contributed by atoms with Crippen molar-refractivity contribution in [1.29, 1.82) is 0 Å². The van der Waals surface area contributed by atoms with Crippen LogP contribution in [0.3, 0.4) is 0 Å². The van der Waals surface area contributed by atoms with Crippen LogP contribution in [0.2, 0.25) is 0 Å². The number of nitrogens with zero attached hydrogens (tertiary/aromatic N) is 1. The van der Waals surface area contributed by atoms with E-state index < -0.39 is 0 Å². The summed E-state index contributed by atoms with van der Waals surface area (Å²) in [6.07, 6.45) is 3.65. The number of aromatic nitrogens is 1. The first-order chi connectivity index (χ1) is 5.90. The first-order valence-electron chi connectivity index (χ1n) is 4.04. The summed E-state index contributed by atoms with van der Waals surface area (Å²) in [6.45, 7) is 1.05. The van der Waals surface area contributed by atoms with Crippen LogP contribution in [0.5, 0.6) is 0 Å². The van der Waals surface area contributed by atoms with Gasteiger partial charge < -0.3 is 5.32 Å². The minimum absolute atomic E-state index is 0.366. The summed E-state index contributed by atoms with van der Waals surface area (Å²) in [4.78, 5) is 14.6. The lowest BCUT2D eigenvalue weighted by Gasteiger charge is -2.26. The van der Waals surface area contributed by atoms with Crippen LogP contribution in [0.1, 0.15) is 28.5 Å². The summed E-state index contributed by atoms with van der Waals surface area (Å²) in [7, 11) is 0. The van der Waals surface area contributed by atoms with Crippen LogP contribution in [-0.4, -0.2) is 17.8 Å². The number of rotatable bonds is 2. The molecule has 1 atom stereocenters. The summed E-state index contributed by atoms with van der Waals surface area (Å²) in [5, 5.41) is 3.23. The summed E-state index contributed by atoms with van der Waals surface area (Å²) in [5.74, 6) is 0. The molecule has 0 amide bonds. The van der Waals surface area contributed by atoms with Gasteiger partial charge in [0.25, 0.3) is 0 Å². The first kappa shape index (κ1) is 7.43. The van der Waals surface area contributed by atoms with Gasteiger partial charge in [0, 0.05) is 11.8 Å². The highest BCUT2D eigenvalue weighted by atomic mass is 16.1. The van der Waals surface area contributed by atoms with Gasteiger partial charge in [-0.15, -0.1) is 0 Å². The van der Waals surface area contributed by atoms with Gasteiger partial charge in [-0.1, -0.05) is 0 Å². The van der Waals surface area contributed by atoms with Crippen LogP contribution in [0.25, 0.3) is 0 Å². The summed E-state index contributed by atoms with van der Waals surface area (Å²) >= 11 is 0. The molecule has 3 heteroatoms. The summed E-state index contributed by atoms with van der Waals surface area (Å²) in [6, 6.07) is 3.92. The molecule has 1 saturated heterocycles. The van der Waals surface area contributed by atoms with Gasteiger partial charge in [-0.05, 0) is 25.1 Å². The Labute approximate surface area is 70.8 Å². The monoisotopic (exact) mass is 162 g/mol. The van der Waals surface area contributed by atoms with Gasteiger partial charge in [0.1, 0.15) is 6.29 Å². The van der Waals surface area contributed by atoms with Gasteiger partial charge in [0.15, 0.2) is 0 Å². The van der Waals surface area contributed by atoms with Crippen LogP contribution in [0, 0.1) is 0 Å². The zero-order chi connectivity index (χ0) is 8.39. The molecular weight excluding hydrogens is 152 g/mol. The van der Waals surface area contributed by atoms with Crippen LogP contribution < -0.4 is 5.32 Å². The molecule has 3 nitrogen and oxygen atoms in total. The third-order valence-electron chi connectivity index (χ3n) is 2.12. The fraction of sp³-hybridized carbons (Fsp3) is 0.333. The van der Waals surface area contributed by atoms with Crippen LogP contribution in [0.15, 0.2) is 18.3 Å². The molecule has 1 aliphatic heterocycles. The topological polar surface area (TPSA) is 42.0 Å². The van der Waals surface area contributed by atoms with Gasteiger partial charge in [0.2, 0.25) is 0 Å². The van der Waals surface area contributed by atoms with Crippen LogP contribution in [-0.2, 0) is 0 Å². The molecule has 1 aliphatic rings. The number of aldehydes is 1. The van der Waals surface area contributed by atoms with Crippen molar-refractivity contribution in [2.45, 2.75) is 12.5 Å². The predicted octanol–water partition coefficient (Wildman–Crippen LogP) is 0.929. The van der Waals surface area contributed by atoms with Crippen LogP contribution in [0.4, 0.5) is 0 Å². The fourth-order valence-corrected chi connectivity index (χ4v) is 1.27. The van der Waals surface area contributed by atoms with Crippen molar-refractivity contribution >= 4 is 6.29 Å². The Bertz CT molecular complexity index is 294. The predicted molar refractivity (Wildman–Crippen MR) is 45.0 cm³/mol. The maximum Gasteiger partial charge on any atom is 0.150 e. The standard InChI is InChI=1S/C9H10N2O/c12-6-7-1-3-11-9(5-7)8-2-4-10-8/h1,3,5-6,8,10H,2,4H2. The normalized spacial score (nSPS) is 21.5. The minimum atomic E-state index is 0.366. The molecule has 1 aromatic heterocycles. The molecule has 0 bridgehead atoms. The van der Waals surface area contributed by atoms with E-state index in [4.69, 9.17) is 0 Å². The molecule has 1 aromatic rings. The fourth-order valence-electron chi connectivity index (χ4n) is 1.27. The molecular formula is C9H10N2O. The van der Waals surface area contributed by atoms with E-state index in [-0.39, 0.29) is 0 Å². The zero-order valence-corrected chi connectivity index (χ0v) is 6.66. The maximum atomic E-state index is 10.4. The highest BCUT2D eigenvalue weighted by Gasteiger charge is 2.19. The van der Waals surface area contributed by atoms with E-state index in [1.165, 1.54) is 0 Å². The molecule has 0 radical (unpaired) electrons. The van der Waals surface area contributed by atoms with Crippen LogP contribution >= 0.6 is 0 Å². The Morgan fingerprint density at radius 2 is 2.50 bits per heavy atom. The smallest absolute Gasteiger partial charge is 0.150 e. The van der Waals surface area contributed by atoms with Crippen molar-refractivity contribution in [2.24, 2.45) is 0 Å². The molecule has 12 heavy (non-hydrogen) atoms. The number of hydrogen-bond acceptors (Lipinski definition) is 3. The number of nitrogens with one attached hydrogen (secondary N) is 1. The Kier molecular flexibility index (Phi) is 1.87. The molecule has 2 heterocycles. The summed E-state index contributed by atoms with van der Waals surface area (Å²) in [5.41, 5.74) is 1.68. The largest absolute Gasteiger partial charge is 0.309 e. The van der Waals surface area contributed by atoms with Crippen molar-refractivity contribution in [2.75, 3.05) is 6.54 Å². The number of hydrogen-bond donors (Lipinski definition) is 1. The van der Waals surface area contributed by atoms with E-state index in [9.17, 15) is 4.79 Å². The molecule has 0 aliphatic carbocycles. The Balaban J connectivity index is 2.25. The van der Waals surface area contributed by atoms with Crippen molar-refractivity contribution in [1.82, 2.24) is 10.3 Å². The van der Waals surface area contributed by atoms with E-state index in [0.29, 0.717) is 11.6 Å². The van der Waals surface area contributed by atoms with E-state index in [1.807, 2.05) is 6.07 Å². The minimum Gasteiger partial charge on any atom is -0.309 e. The van der Waals surface area contributed by atoms with Crippen molar-refractivity contribution in [3.63, 3.8) is 0 Å². The SMILES string of the molecule is O=Cc1ccnc(C2CCN2)c1. The second-order valence-electron chi connectivity index (χ2n) is 2.93. The lowest BCUT2D eigenvalue weighted by molar-refractivity contribution is 0.112. The van der Waals surface area contributed by atoms with Gasteiger partial charge in [0.05, 0.1) is 11.7 Å². The third-order valence-corrected chi connectivity index (χ3v) is 2.12. The highest BCUT2D eigenvalue weighted by Crippen LogP contribution is 2.20. The van der Waals surface area contributed by atoms with E-state index in [1.54, 1.807) is 12.3 Å². The molecule has 2 rings (SSSR count). The molecule has 62 valence electrons. The van der Waals surface area contributed by atoms with Gasteiger partial charge in [-0.3, -0.25) is 9.78 Å². The maximum absolute atomic E-state index is 10.4. The van der Waals surface area contributed by atoms with Gasteiger partial charge in [-0.25, -0.2) is 0 Å². The second-order valence-corrected chi connectivity index (χ2v) is 2.93. The number of carbonyl (C=O) groups excluding carboxylic acids is 1. The molecule has 1 fully saturated rings. The number of pyridine rings is 1. The first-order valence-corrected chi connectivity index (χ1v) is 4.04. The highest BCUT2D eigenvalue weighted by molar-refractivity contribution is 5.74. The quantitative estimate of drug-likeness (QED) is 0.658. The molecule has 1 unspecified atom stereocenters. The van der Waals surface area contributed by atoms with Crippen molar-refractivity contribution in [3.05, 3.63) is 29.6 Å². The van der Waals surface area contributed by atoms with Crippen molar-refractivity contribution < 1.29 is 4.79 Å². The lowest BCUT2D eigenvalue weighted by atomic mass is 10.0. The average molecular weight is 162 g/mol. The Hall–Kier alpha value is -1.22. The number of carbonyl (C=O) groups is 1. The third kappa shape index (κ3) is 1.23. The Morgan fingerprint density at radius 1 is 1.67 bits per heavy atom. The summed E-state index contributed by atoms with van der Waals surface area (Å²) < 4.78 is 0. The Morgan fingerprint density at radius 3 is 3.08 bits per heavy atom. The average Bonchev–Trinajstić information content (AvgIpc) is 2.02. The molecule has 0 aromatic carbocycles. The van der Waals surface area contributed by atoms with E-state index in [0.717, 1.165) is 24.9 Å². The molecule has 0 spiro atoms. The van der Waals surface area contributed by atoms with Gasteiger partial charge >= 0.3 is 0 Å². The lowest BCUT2D eigenvalue weighted by Crippen LogP contribution is -2.35. The molecule has 0 saturated carbocycles. The second kappa shape index (κ2) is 3.03. The van der Waals surface area contributed by atoms with E-state index in [2.05, 4.69) is 10.3 Å². The molecule has 1 N–H and O–H groups in total. The van der Waals surface area contributed by atoms with Gasteiger partial charge in [-0.2, -0.15) is 0 Å².